The Hall–Kier alpha value is -1.35. The normalized spacial score (nSPS) is 12.6. The molecule has 2 N–H and O–H groups in total. The van der Waals surface area contributed by atoms with Gasteiger partial charge in [0.15, 0.2) is 0 Å². The van der Waals surface area contributed by atoms with E-state index in [9.17, 15) is 13.2 Å². The first-order valence-corrected chi connectivity index (χ1v) is 8.77. The highest BCUT2D eigenvalue weighted by molar-refractivity contribution is 7.89. The lowest BCUT2D eigenvalue weighted by Gasteiger charge is -2.28. The number of halogens is 1. The Bertz CT molecular complexity index is 899. The quantitative estimate of drug-likeness (QED) is 0.839. The van der Waals surface area contributed by atoms with Crippen LogP contribution >= 0.6 is 12.4 Å². The lowest BCUT2D eigenvalue weighted by atomic mass is 9.94. The van der Waals surface area contributed by atoms with Gasteiger partial charge < -0.3 is 5.73 Å². The Morgan fingerprint density at radius 2 is 1.71 bits per heavy atom. The zero-order chi connectivity index (χ0) is 17.6. The van der Waals surface area contributed by atoms with E-state index in [0.717, 1.165) is 0 Å². The summed E-state index contributed by atoms with van der Waals surface area (Å²) in [5, 5.41) is 0. The van der Waals surface area contributed by atoms with Crippen LogP contribution in [0.4, 0.5) is 0 Å². The number of hydrogen-bond acceptors (Lipinski definition) is 4. The molecule has 0 amide bonds. The van der Waals surface area contributed by atoms with E-state index in [1.165, 1.54) is 25.6 Å². The first-order valence-electron chi connectivity index (χ1n) is 7.33. The van der Waals surface area contributed by atoms with Gasteiger partial charge in [0.05, 0.1) is 15.9 Å². The Balaban J connectivity index is 0.00000288. The molecule has 0 aliphatic carbocycles. The number of aryl methyl sites for hydroxylation is 2. The van der Waals surface area contributed by atoms with Gasteiger partial charge >= 0.3 is 5.69 Å². The van der Waals surface area contributed by atoms with Gasteiger partial charge in [0.1, 0.15) is 0 Å². The van der Waals surface area contributed by atoms with Crippen molar-refractivity contribution >= 4 is 33.5 Å². The summed E-state index contributed by atoms with van der Waals surface area (Å²) in [4.78, 5) is 12.1. The topological polar surface area (TPSA) is 90.3 Å². The van der Waals surface area contributed by atoms with Gasteiger partial charge in [-0.25, -0.2) is 17.5 Å². The molecule has 0 bridgehead atoms. The molecule has 1 heterocycles. The fourth-order valence-electron chi connectivity index (χ4n) is 2.58. The van der Waals surface area contributed by atoms with Crippen LogP contribution in [0, 0.1) is 5.41 Å². The van der Waals surface area contributed by atoms with Crippen molar-refractivity contribution in [2.45, 2.75) is 18.7 Å². The predicted molar refractivity (Wildman–Crippen MR) is 98.1 cm³/mol. The van der Waals surface area contributed by atoms with Gasteiger partial charge in [-0.1, -0.05) is 13.8 Å². The average Bonchev–Trinajstić information content (AvgIpc) is 2.71. The largest absolute Gasteiger partial charge is 0.330 e. The molecule has 9 heteroatoms. The fraction of sp³-hybridized carbons (Fsp3) is 0.533. The summed E-state index contributed by atoms with van der Waals surface area (Å²) < 4.78 is 29.8. The first-order chi connectivity index (χ1) is 10.5. The molecule has 1 aromatic carbocycles. The number of nitrogens with two attached hydrogens (primary N) is 1. The van der Waals surface area contributed by atoms with Crippen molar-refractivity contribution < 1.29 is 8.42 Å². The minimum Gasteiger partial charge on any atom is -0.330 e. The third-order valence-corrected chi connectivity index (χ3v) is 5.95. The molecule has 136 valence electrons. The number of fused-ring (bicyclic) bond motifs is 1. The molecule has 0 fully saturated rings. The van der Waals surface area contributed by atoms with Gasteiger partial charge in [-0.15, -0.1) is 12.4 Å². The SMILES string of the molecule is CN(CC(C)(C)CN)S(=O)(=O)c1ccc2c(c1)n(C)c(=O)n2C.Cl. The van der Waals surface area contributed by atoms with E-state index in [1.54, 1.807) is 27.2 Å². The minimum atomic E-state index is -3.64. The van der Waals surface area contributed by atoms with Crippen molar-refractivity contribution in [3.05, 3.63) is 28.7 Å². The molecular formula is C15H25ClN4O3S. The van der Waals surface area contributed by atoms with Crippen LogP contribution in [-0.2, 0) is 24.1 Å². The fourth-order valence-corrected chi connectivity index (χ4v) is 3.96. The maximum atomic E-state index is 12.8. The van der Waals surface area contributed by atoms with E-state index in [0.29, 0.717) is 24.1 Å². The number of imidazole rings is 1. The molecule has 1 aromatic heterocycles. The van der Waals surface area contributed by atoms with Gasteiger partial charge in [0.25, 0.3) is 0 Å². The Kier molecular flexibility index (Phi) is 5.93. The van der Waals surface area contributed by atoms with E-state index in [1.807, 2.05) is 13.8 Å². The zero-order valence-corrected chi connectivity index (χ0v) is 16.2. The summed E-state index contributed by atoms with van der Waals surface area (Å²) in [5.74, 6) is 0. The molecule has 0 atom stereocenters. The van der Waals surface area contributed by atoms with Crippen molar-refractivity contribution in [1.82, 2.24) is 13.4 Å². The van der Waals surface area contributed by atoms with Crippen LogP contribution in [0.15, 0.2) is 27.9 Å². The number of hydrogen-bond donors (Lipinski definition) is 1. The number of aromatic nitrogens is 2. The number of sulfonamides is 1. The number of nitrogens with zero attached hydrogens (tertiary/aromatic N) is 3. The molecule has 0 spiro atoms. The Labute approximate surface area is 148 Å². The van der Waals surface area contributed by atoms with Gasteiger partial charge in [0.2, 0.25) is 10.0 Å². The van der Waals surface area contributed by atoms with E-state index < -0.39 is 10.0 Å². The van der Waals surface area contributed by atoms with Crippen LogP contribution < -0.4 is 11.4 Å². The maximum Gasteiger partial charge on any atom is 0.328 e. The lowest BCUT2D eigenvalue weighted by Crippen LogP contribution is -2.39. The highest BCUT2D eigenvalue weighted by Crippen LogP contribution is 2.23. The van der Waals surface area contributed by atoms with E-state index in [-0.39, 0.29) is 28.4 Å². The van der Waals surface area contributed by atoms with Crippen molar-refractivity contribution in [2.24, 2.45) is 25.2 Å². The monoisotopic (exact) mass is 376 g/mol. The zero-order valence-electron chi connectivity index (χ0n) is 14.6. The number of benzene rings is 1. The smallest absolute Gasteiger partial charge is 0.328 e. The molecule has 2 rings (SSSR count). The van der Waals surface area contributed by atoms with Crippen LogP contribution in [-0.4, -0.2) is 42.0 Å². The standard InChI is InChI=1S/C15H24N4O3S.ClH/c1-15(2,9-16)10-17(3)23(21,22)11-6-7-12-13(8-11)19(5)14(20)18(12)4;/h6-8H,9-10,16H2,1-5H3;1H. The van der Waals surface area contributed by atoms with Crippen LogP contribution in [0.25, 0.3) is 11.0 Å². The molecule has 0 saturated heterocycles. The highest BCUT2D eigenvalue weighted by Gasteiger charge is 2.27. The van der Waals surface area contributed by atoms with Crippen molar-refractivity contribution in [1.29, 1.82) is 0 Å². The van der Waals surface area contributed by atoms with E-state index in [2.05, 4.69) is 0 Å². The van der Waals surface area contributed by atoms with Crippen molar-refractivity contribution in [3.63, 3.8) is 0 Å². The molecule has 0 aliphatic rings. The third-order valence-electron chi connectivity index (χ3n) is 4.15. The van der Waals surface area contributed by atoms with E-state index in [4.69, 9.17) is 5.73 Å². The second kappa shape index (κ2) is 6.87. The first kappa shape index (κ1) is 20.7. The lowest BCUT2D eigenvalue weighted by molar-refractivity contribution is 0.292. The molecule has 0 unspecified atom stereocenters. The van der Waals surface area contributed by atoms with Crippen LogP contribution in [0.5, 0.6) is 0 Å². The van der Waals surface area contributed by atoms with Gasteiger partial charge in [-0.05, 0) is 30.2 Å². The molecule has 24 heavy (non-hydrogen) atoms. The second-order valence-corrected chi connectivity index (χ2v) is 8.73. The summed E-state index contributed by atoms with van der Waals surface area (Å²) in [7, 11) is 1.19. The van der Waals surface area contributed by atoms with E-state index >= 15 is 0 Å². The summed E-state index contributed by atoms with van der Waals surface area (Å²) in [5.41, 5.74) is 6.47. The van der Waals surface area contributed by atoms with Crippen LogP contribution in [0.3, 0.4) is 0 Å². The highest BCUT2D eigenvalue weighted by atomic mass is 35.5. The van der Waals surface area contributed by atoms with Gasteiger partial charge in [0, 0.05) is 27.7 Å². The van der Waals surface area contributed by atoms with Crippen molar-refractivity contribution in [3.8, 4) is 0 Å². The second-order valence-electron chi connectivity index (χ2n) is 6.68. The minimum absolute atomic E-state index is 0. The molecule has 2 aromatic rings. The van der Waals surface area contributed by atoms with Crippen LogP contribution in [0.1, 0.15) is 13.8 Å². The maximum absolute atomic E-state index is 12.8. The summed E-state index contributed by atoms with van der Waals surface area (Å²) in [6.45, 7) is 4.54. The molecule has 7 nitrogen and oxygen atoms in total. The molecule has 0 radical (unpaired) electrons. The molecular weight excluding hydrogens is 352 g/mol. The average molecular weight is 377 g/mol. The number of rotatable bonds is 5. The van der Waals surface area contributed by atoms with Crippen LogP contribution in [0.2, 0.25) is 0 Å². The summed E-state index contributed by atoms with van der Waals surface area (Å²) in [6.07, 6.45) is 0. The summed E-state index contributed by atoms with van der Waals surface area (Å²) in [6, 6.07) is 4.73. The summed E-state index contributed by atoms with van der Waals surface area (Å²) >= 11 is 0. The van der Waals surface area contributed by atoms with Crippen molar-refractivity contribution in [2.75, 3.05) is 20.1 Å². The van der Waals surface area contributed by atoms with Gasteiger partial charge in [-0.3, -0.25) is 9.13 Å². The predicted octanol–water partition coefficient (Wildman–Crippen LogP) is 0.904. The Morgan fingerprint density at radius 1 is 1.17 bits per heavy atom. The van der Waals surface area contributed by atoms with Gasteiger partial charge in [-0.2, -0.15) is 0 Å². The third kappa shape index (κ3) is 3.51. The molecule has 0 saturated carbocycles. The Morgan fingerprint density at radius 3 is 2.25 bits per heavy atom. The molecule has 0 aliphatic heterocycles.